The molecule has 0 aliphatic heterocycles. The monoisotopic (exact) mass is 391 g/mol. The van der Waals surface area contributed by atoms with Crippen LogP contribution in [0.2, 0.25) is 0 Å². The number of ether oxygens (including phenoxy) is 1. The Labute approximate surface area is 158 Å². The predicted octanol–water partition coefficient (Wildman–Crippen LogP) is 3.54. The Morgan fingerprint density at radius 2 is 1.96 bits per heavy atom. The molecule has 0 fully saturated rings. The summed E-state index contributed by atoms with van der Waals surface area (Å²) in [6.07, 6.45) is -4.57. The molecule has 1 aromatic heterocycles. The van der Waals surface area contributed by atoms with Crippen LogP contribution in [0.3, 0.4) is 0 Å². The van der Waals surface area contributed by atoms with E-state index < -0.39 is 17.6 Å². The molecule has 0 radical (unpaired) electrons. The van der Waals surface area contributed by atoms with Crippen molar-refractivity contribution in [1.29, 1.82) is 0 Å². The van der Waals surface area contributed by atoms with E-state index in [2.05, 4.69) is 20.8 Å². The summed E-state index contributed by atoms with van der Waals surface area (Å²) in [4.78, 5) is 12.4. The van der Waals surface area contributed by atoms with Crippen LogP contribution >= 0.6 is 0 Å². The second-order valence-corrected chi connectivity index (χ2v) is 5.72. The van der Waals surface area contributed by atoms with Crippen molar-refractivity contribution in [3.05, 3.63) is 65.5 Å². The van der Waals surface area contributed by atoms with Crippen LogP contribution < -0.4 is 10.1 Å². The molecule has 0 aliphatic carbocycles. The molecule has 0 bridgehead atoms. The maximum atomic E-state index is 13.1. The number of hydrogen-bond acceptors (Lipinski definition) is 5. The van der Waals surface area contributed by atoms with Crippen LogP contribution in [0.25, 0.3) is 0 Å². The molecular formula is C18H16F3N5O2. The fraction of sp³-hybridized carbons (Fsp3) is 0.222. The third-order valence-corrected chi connectivity index (χ3v) is 3.85. The van der Waals surface area contributed by atoms with Gasteiger partial charge in [-0.25, -0.2) is 4.68 Å². The van der Waals surface area contributed by atoms with E-state index in [-0.39, 0.29) is 17.9 Å². The average Bonchev–Trinajstić information content (AvgIpc) is 3.14. The molecule has 3 aromatic rings. The van der Waals surface area contributed by atoms with E-state index in [1.165, 1.54) is 30.3 Å². The summed E-state index contributed by atoms with van der Waals surface area (Å²) in [7, 11) is 0. The molecule has 2 aromatic carbocycles. The highest BCUT2D eigenvalue weighted by atomic mass is 19.4. The van der Waals surface area contributed by atoms with Gasteiger partial charge >= 0.3 is 6.18 Å². The molecule has 1 heterocycles. The molecule has 7 nitrogen and oxygen atoms in total. The van der Waals surface area contributed by atoms with Crippen molar-refractivity contribution in [2.75, 3.05) is 5.32 Å². The molecular weight excluding hydrogens is 375 g/mol. The summed E-state index contributed by atoms with van der Waals surface area (Å²) in [6, 6.07) is 10.9. The molecule has 0 spiro atoms. The fourth-order valence-corrected chi connectivity index (χ4v) is 2.48. The van der Waals surface area contributed by atoms with Gasteiger partial charge in [0, 0.05) is 12.1 Å². The summed E-state index contributed by atoms with van der Waals surface area (Å²) in [5, 5.41) is 13.5. The number of carbonyl (C=O) groups excluding carboxylic acids is 1. The number of rotatable bonds is 6. The molecule has 28 heavy (non-hydrogen) atoms. The van der Waals surface area contributed by atoms with Gasteiger partial charge in [-0.15, -0.1) is 5.10 Å². The minimum absolute atomic E-state index is 0.0861. The van der Waals surface area contributed by atoms with Crippen molar-refractivity contribution >= 4 is 11.6 Å². The third-order valence-electron chi connectivity index (χ3n) is 3.85. The molecule has 1 N–H and O–H groups in total. The molecule has 0 saturated carbocycles. The fourth-order valence-electron chi connectivity index (χ4n) is 2.48. The lowest BCUT2D eigenvalue weighted by molar-refractivity contribution is -0.136. The number of benzene rings is 2. The van der Waals surface area contributed by atoms with Crippen LogP contribution in [-0.2, 0) is 19.3 Å². The topological polar surface area (TPSA) is 81.9 Å². The van der Waals surface area contributed by atoms with Gasteiger partial charge in [0.2, 0.25) is 0 Å². The Bertz CT molecular complexity index is 972. The number of aryl methyl sites for hydroxylation is 1. The molecule has 146 valence electrons. The zero-order valence-corrected chi connectivity index (χ0v) is 14.8. The van der Waals surface area contributed by atoms with Gasteiger partial charge in [0.1, 0.15) is 12.4 Å². The number of para-hydroxylation sites is 1. The third kappa shape index (κ3) is 4.45. The number of amides is 1. The van der Waals surface area contributed by atoms with Crippen molar-refractivity contribution in [3.63, 3.8) is 0 Å². The lowest BCUT2D eigenvalue weighted by Crippen LogP contribution is -2.16. The second kappa shape index (κ2) is 8.07. The zero-order chi connectivity index (χ0) is 20.1. The van der Waals surface area contributed by atoms with Gasteiger partial charge in [0.15, 0.2) is 5.82 Å². The number of halogens is 3. The van der Waals surface area contributed by atoms with Crippen molar-refractivity contribution in [1.82, 2.24) is 20.2 Å². The number of alkyl halides is 3. The molecule has 10 heteroatoms. The van der Waals surface area contributed by atoms with E-state index >= 15 is 0 Å². The quantitative estimate of drug-likeness (QED) is 0.695. The minimum atomic E-state index is -4.57. The first kappa shape index (κ1) is 19.3. The number of carbonyl (C=O) groups is 1. The van der Waals surface area contributed by atoms with Crippen LogP contribution in [0, 0.1) is 0 Å². The standard InChI is InChI=1S/C18H16F3N5O2/c1-2-26-16(23-24-25-26)11-28-13-7-5-6-12(10-13)17(27)22-15-9-4-3-8-14(15)18(19,20)21/h3-10H,2,11H2,1H3,(H,22,27). The van der Waals surface area contributed by atoms with E-state index in [1.54, 1.807) is 16.8 Å². The van der Waals surface area contributed by atoms with Crippen LogP contribution in [0.1, 0.15) is 28.7 Å². The maximum absolute atomic E-state index is 13.1. The lowest BCUT2D eigenvalue weighted by Gasteiger charge is -2.14. The molecule has 0 saturated heterocycles. The van der Waals surface area contributed by atoms with Crippen LogP contribution in [0.5, 0.6) is 5.75 Å². The highest BCUT2D eigenvalue weighted by Gasteiger charge is 2.33. The number of tetrazole rings is 1. The second-order valence-electron chi connectivity index (χ2n) is 5.72. The minimum Gasteiger partial charge on any atom is -0.486 e. The predicted molar refractivity (Wildman–Crippen MR) is 93.7 cm³/mol. The average molecular weight is 391 g/mol. The van der Waals surface area contributed by atoms with E-state index in [9.17, 15) is 18.0 Å². The number of hydrogen-bond donors (Lipinski definition) is 1. The molecule has 0 unspecified atom stereocenters. The Morgan fingerprint density at radius 1 is 1.18 bits per heavy atom. The highest BCUT2D eigenvalue weighted by molar-refractivity contribution is 6.04. The molecule has 0 atom stereocenters. The van der Waals surface area contributed by atoms with E-state index in [0.29, 0.717) is 18.1 Å². The first-order valence-corrected chi connectivity index (χ1v) is 8.34. The largest absolute Gasteiger partial charge is 0.486 e. The van der Waals surface area contributed by atoms with E-state index in [0.717, 1.165) is 6.07 Å². The Morgan fingerprint density at radius 3 is 2.71 bits per heavy atom. The number of anilines is 1. The van der Waals surface area contributed by atoms with Crippen molar-refractivity contribution in [2.24, 2.45) is 0 Å². The van der Waals surface area contributed by atoms with Gasteiger partial charge in [-0.2, -0.15) is 13.2 Å². The first-order valence-electron chi connectivity index (χ1n) is 8.34. The summed E-state index contributed by atoms with van der Waals surface area (Å²) in [5.74, 6) is 0.194. The maximum Gasteiger partial charge on any atom is 0.418 e. The van der Waals surface area contributed by atoms with Gasteiger partial charge in [0.25, 0.3) is 5.91 Å². The van der Waals surface area contributed by atoms with Gasteiger partial charge < -0.3 is 10.1 Å². The molecule has 0 aliphatic rings. The van der Waals surface area contributed by atoms with Gasteiger partial charge in [0.05, 0.1) is 11.3 Å². The lowest BCUT2D eigenvalue weighted by atomic mass is 10.1. The summed E-state index contributed by atoms with van der Waals surface area (Å²) in [6.45, 7) is 2.54. The van der Waals surface area contributed by atoms with Gasteiger partial charge in [-0.05, 0) is 47.7 Å². The first-order chi connectivity index (χ1) is 13.4. The molecule has 3 rings (SSSR count). The molecule has 1 amide bonds. The highest BCUT2D eigenvalue weighted by Crippen LogP contribution is 2.34. The summed E-state index contributed by atoms with van der Waals surface area (Å²) >= 11 is 0. The van der Waals surface area contributed by atoms with Gasteiger partial charge in [-0.3, -0.25) is 4.79 Å². The number of aromatic nitrogens is 4. The summed E-state index contributed by atoms with van der Waals surface area (Å²) < 4.78 is 46.4. The van der Waals surface area contributed by atoms with Crippen LogP contribution in [0.15, 0.2) is 48.5 Å². The Kier molecular flexibility index (Phi) is 5.57. The SMILES string of the molecule is CCn1nnnc1COc1cccc(C(=O)Nc2ccccc2C(F)(F)F)c1. The van der Waals surface area contributed by atoms with Crippen molar-refractivity contribution < 1.29 is 22.7 Å². The van der Waals surface area contributed by atoms with E-state index in [4.69, 9.17) is 4.74 Å². The Balaban J connectivity index is 1.73. The number of nitrogens with zero attached hydrogens (tertiary/aromatic N) is 4. The van der Waals surface area contributed by atoms with Crippen molar-refractivity contribution in [2.45, 2.75) is 26.3 Å². The van der Waals surface area contributed by atoms with Gasteiger partial charge in [-0.1, -0.05) is 18.2 Å². The Hall–Kier alpha value is -3.43. The summed E-state index contributed by atoms with van der Waals surface area (Å²) in [5.41, 5.74) is -1.07. The van der Waals surface area contributed by atoms with Crippen LogP contribution in [0.4, 0.5) is 18.9 Å². The van der Waals surface area contributed by atoms with Crippen LogP contribution in [-0.4, -0.2) is 26.1 Å². The smallest absolute Gasteiger partial charge is 0.418 e. The number of nitrogens with one attached hydrogen (secondary N) is 1. The zero-order valence-electron chi connectivity index (χ0n) is 14.8. The normalized spacial score (nSPS) is 11.3. The van der Waals surface area contributed by atoms with Crippen molar-refractivity contribution in [3.8, 4) is 5.75 Å². The van der Waals surface area contributed by atoms with E-state index in [1.807, 2.05) is 6.92 Å².